The molecule has 0 radical (unpaired) electrons. The molecule has 7 rings (SSSR count). The van der Waals surface area contributed by atoms with E-state index in [1.165, 1.54) is 91.9 Å². The summed E-state index contributed by atoms with van der Waals surface area (Å²) in [5.74, 6) is 1.16. The molecule has 1 saturated heterocycles. The van der Waals surface area contributed by atoms with Crippen molar-refractivity contribution >= 4 is 12.5 Å². The van der Waals surface area contributed by atoms with Gasteiger partial charge in [0.1, 0.15) is 0 Å². The molecule has 3 saturated carbocycles. The molecule has 0 amide bonds. The van der Waals surface area contributed by atoms with Gasteiger partial charge in [-0.25, -0.2) is 0 Å². The van der Waals surface area contributed by atoms with Gasteiger partial charge in [0.25, 0.3) is 0 Å². The molecule has 52 heavy (non-hydrogen) atoms. The van der Waals surface area contributed by atoms with E-state index in [2.05, 4.69) is 117 Å². The average Bonchev–Trinajstić information content (AvgIpc) is 3.53. The predicted octanol–water partition coefficient (Wildman–Crippen LogP) is 6.43. The Balaban J connectivity index is 0.000000248. The second kappa shape index (κ2) is 21.2. The number of halogens is 2. The number of allylic oxidation sites excluding steroid dienone is 5. The Morgan fingerprint density at radius 1 is 0.577 bits per heavy atom. The van der Waals surface area contributed by atoms with E-state index in [1.54, 1.807) is 77.0 Å². The van der Waals surface area contributed by atoms with Crippen LogP contribution in [0.4, 0.5) is 0 Å². The number of aryl methyl sites for hydroxylation is 6. The number of hydrogen-bond donors (Lipinski definition) is 2. The average molecular weight is 1030 g/mol. The van der Waals surface area contributed by atoms with Gasteiger partial charge >= 0.3 is 197 Å². The van der Waals surface area contributed by atoms with Crippen LogP contribution in [-0.2, 0) is 17.9 Å². The fourth-order valence-corrected chi connectivity index (χ4v) is 15.4. The molecule has 5 aliphatic rings. The Kier molecular flexibility index (Phi) is 18.1. The molecule has 1 heterocycles. The molecule has 0 bridgehead atoms. The van der Waals surface area contributed by atoms with Crippen molar-refractivity contribution < 1.29 is 65.8 Å². The molecule has 0 spiro atoms. The van der Waals surface area contributed by atoms with Gasteiger partial charge in [0, 0.05) is 0 Å². The molecule has 2 unspecified atom stereocenters. The topological polar surface area (TPSA) is 24.1 Å². The first-order chi connectivity index (χ1) is 24.2. The first-order valence-corrected chi connectivity index (χ1v) is 22.8. The third-order valence-electron chi connectivity index (χ3n) is 12.4. The van der Waals surface area contributed by atoms with Crippen molar-refractivity contribution in [1.82, 2.24) is 10.6 Å². The third kappa shape index (κ3) is 10.9. The molecular formula is C46H65I2N2PRu. The van der Waals surface area contributed by atoms with Crippen molar-refractivity contribution in [3.05, 3.63) is 104 Å². The molecule has 4 aliphatic carbocycles. The van der Waals surface area contributed by atoms with Crippen molar-refractivity contribution in [3.63, 3.8) is 0 Å². The molecule has 2 atom stereocenters. The standard InChI is InChI=1S/C28H32N2.C18H33P.2HI.Ru/c1-16-9-8-10-23(15-16)28-29-26(24-19(4)11-17(2)12-20(24)5)27(30-28)25-21(6)13-18(3)14-22(25)7;1-4-10-16(11-5-1)19(17-12-6-2-7-13-17)18-14-8-3-9-15-18;;;/h1,8-9,11-15,26-27,29-30H,10H2,2-7H3;16-18H,1-15H2;2*1H;/q;;;;+2/p-2. The summed E-state index contributed by atoms with van der Waals surface area (Å²) in [5, 5.41) is 7.82. The van der Waals surface area contributed by atoms with Gasteiger partial charge in [-0.05, 0) is 55.5 Å². The first-order valence-electron chi connectivity index (χ1n) is 20.2. The molecular weight excluding hydrogens is 966 g/mol. The maximum Gasteiger partial charge on any atom is -1.00 e. The van der Waals surface area contributed by atoms with Crippen LogP contribution in [0.15, 0.2) is 59.5 Å². The van der Waals surface area contributed by atoms with E-state index in [1.807, 2.05) is 0 Å². The number of benzene rings is 2. The summed E-state index contributed by atoms with van der Waals surface area (Å²) < 4.78 is 2.10. The number of rotatable bonds is 6. The van der Waals surface area contributed by atoms with Crippen molar-refractivity contribution in [1.29, 1.82) is 0 Å². The van der Waals surface area contributed by atoms with Gasteiger partial charge < -0.3 is 48.0 Å². The Labute approximate surface area is 363 Å². The molecule has 2 aromatic rings. The molecule has 2 nitrogen and oxygen atoms in total. The normalized spacial score (nSPS) is 22.7. The summed E-state index contributed by atoms with van der Waals surface area (Å²) in [4.78, 5) is 0. The molecule has 0 aromatic heterocycles. The van der Waals surface area contributed by atoms with Gasteiger partial charge in [0.2, 0.25) is 0 Å². The van der Waals surface area contributed by atoms with Crippen LogP contribution in [0.25, 0.3) is 0 Å². The quantitative estimate of drug-likeness (QED) is 0.198. The maximum atomic E-state index is 3.91. The monoisotopic (exact) mass is 1030 g/mol. The second-order valence-electron chi connectivity index (χ2n) is 16.4. The maximum absolute atomic E-state index is 3.91. The molecule has 6 heteroatoms. The first kappa shape index (κ1) is 44.4. The van der Waals surface area contributed by atoms with Gasteiger partial charge in [-0.1, -0.05) is 65.7 Å². The molecule has 2 aromatic carbocycles. The van der Waals surface area contributed by atoms with E-state index in [9.17, 15) is 0 Å². The zero-order valence-corrected chi connectivity index (χ0v) is 39.8. The summed E-state index contributed by atoms with van der Waals surface area (Å²) in [6.07, 6.45) is 31.3. The smallest absolute Gasteiger partial charge is 1.00 e. The van der Waals surface area contributed by atoms with Crippen molar-refractivity contribution in [3.8, 4) is 0 Å². The minimum absolute atomic E-state index is 0. The van der Waals surface area contributed by atoms with Gasteiger partial charge in [0.05, 0.1) is 0 Å². The molecule has 1 aliphatic heterocycles. The zero-order chi connectivity index (χ0) is 35.2. The Morgan fingerprint density at radius 3 is 1.29 bits per heavy atom. The van der Waals surface area contributed by atoms with Gasteiger partial charge in [0.15, 0.2) is 0 Å². The van der Waals surface area contributed by atoms with Crippen LogP contribution < -0.4 is 58.6 Å². The summed E-state index contributed by atoms with van der Waals surface area (Å²) in [7, 11) is 0.385. The Bertz CT molecular complexity index is 1440. The van der Waals surface area contributed by atoms with Gasteiger partial charge in [-0.15, -0.1) is 0 Å². The number of hydrogen-bond acceptors (Lipinski definition) is 2. The summed E-state index contributed by atoms with van der Waals surface area (Å²) in [6, 6.07) is 9.62. The summed E-state index contributed by atoms with van der Waals surface area (Å²) in [6.45, 7) is 13.4. The van der Waals surface area contributed by atoms with Crippen LogP contribution in [0.2, 0.25) is 0 Å². The largest absolute Gasteiger partial charge is 1.00 e. The van der Waals surface area contributed by atoms with Crippen LogP contribution in [0, 0.1) is 41.5 Å². The van der Waals surface area contributed by atoms with Gasteiger partial charge in [-0.2, -0.15) is 0 Å². The van der Waals surface area contributed by atoms with E-state index in [-0.39, 0.29) is 60.0 Å². The van der Waals surface area contributed by atoms with E-state index in [0.29, 0.717) is 7.92 Å². The predicted molar refractivity (Wildman–Crippen MR) is 216 cm³/mol. The third-order valence-corrected chi connectivity index (χ3v) is 17.1. The minimum atomic E-state index is 0. The van der Waals surface area contributed by atoms with Crippen LogP contribution >= 0.6 is 7.92 Å². The van der Waals surface area contributed by atoms with Crippen molar-refractivity contribution in [2.24, 2.45) is 0 Å². The van der Waals surface area contributed by atoms with E-state index in [4.69, 9.17) is 0 Å². The van der Waals surface area contributed by atoms with E-state index in [0.717, 1.165) is 12.2 Å². The molecule has 4 fully saturated rings. The van der Waals surface area contributed by atoms with Crippen LogP contribution in [0.1, 0.15) is 159 Å². The molecule has 2 N–H and O–H groups in total. The van der Waals surface area contributed by atoms with Crippen molar-refractivity contribution in [2.75, 3.05) is 0 Å². The fraction of sp³-hybridized carbons (Fsp3) is 0.587. The molecule has 286 valence electrons. The Hall–Kier alpha value is -0.357. The zero-order valence-electron chi connectivity index (χ0n) is 32.9. The van der Waals surface area contributed by atoms with Crippen LogP contribution in [0.5, 0.6) is 0 Å². The van der Waals surface area contributed by atoms with Crippen molar-refractivity contribution in [2.45, 2.75) is 173 Å². The number of nitrogens with one attached hydrogen (secondary N) is 2. The Morgan fingerprint density at radius 2 is 0.942 bits per heavy atom. The van der Waals surface area contributed by atoms with Crippen LogP contribution in [-0.4, -0.2) is 21.6 Å². The van der Waals surface area contributed by atoms with E-state index >= 15 is 0 Å². The second-order valence-corrected chi connectivity index (χ2v) is 20.0. The van der Waals surface area contributed by atoms with Crippen LogP contribution in [0.3, 0.4) is 0 Å². The van der Waals surface area contributed by atoms with Gasteiger partial charge in [-0.3, -0.25) is 0 Å². The summed E-state index contributed by atoms with van der Waals surface area (Å²) in [5.41, 5.74) is 17.0. The minimum Gasteiger partial charge on any atom is -1.00 e. The summed E-state index contributed by atoms with van der Waals surface area (Å²) >= 11 is 2.62. The SMILES string of the molecule is C1CCC(P(C2CCCCC2)C2CCCCC2)CC1.Cc1cc(C)c(C2NC(=C3C=C([CH]=[Ru+2])C=CC3)NC2c2c(C)cc(C)cc2C)c(C)c1.[I-].[I-]. The van der Waals surface area contributed by atoms with E-state index < -0.39 is 0 Å². The fourth-order valence-electron chi connectivity index (χ4n) is 10.4.